The Morgan fingerprint density at radius 2 is 2.07 bits per heavy atom. The summed E-state index contributed by atoms with van der Waals surface area (Å²) in [5.74, 6) is 0.552. The van der Waals surface area contributed by atoms with Crippen LogP contribution in [0.25, 0.3) is 0 Å². The average molecular weight is 230 g/mol. The van der Waals surface area contributed by atoms with Crippen molar-refractivity contribution in [2.75, 3.05) is 5.32 Å². The van der Waals surface area contributed by atoms with E-state index in [2.05, 4.69) is 15.3 Å². The fraction of sp³-hybridized carbons (Fsp3) is 0.600. The number of aliphatic hydroxyl groups is 1. The van der Waals surface area contributed by atoms with Crippen molar-refractivity contribution in [1.82, 2.24) is 9.97 Å². The number of hydrogen-bond donors (Lipinski definition) is 2. The number of halogens is 1. The van der Waals surface area contributed by atoms with Crippen molar-refractivity contribution >= 4 is 17.4 Å². The Labute approximate surface area is 94.7 Å². The largest absolute Gasteiger partial charge is 0.390 e. The van der Waals surface area contributed by atoms with Gasteiger partial charge in [-0.05, 0) is 27.2 Å². The highest BCUT2D eigenvalue weighted by molar-refractivity contribution is 6.31. The highest BCUT2D eigenvalue weighted by atomic mass is 35.5. The van der Waals surface area contributed by atoms with Gasteiger partial charge < -0.3 is 10.4 Å². The molecular weight excluding hydrogens is 214 g/mol. The lowest BCUT2D eigenvalue weighted by molar-refractivity contribution is 0.0672. The summed E-state index contributed by atoms with van der Waals surface area (Å²) < 4.78 is 0. The Kier molecular flexibility index (Phi) is 3.88. The Bertz CT molecular complexity index is 325. The van der Waals surface area contributed by atoms with Gasteiger partial charge in [0, 0.05) is 18.4 Å². The monoisotopic (exact) mass is 229 g/mol. The second-order valence-electron chi connectivity index (χ2n) is 4.26. The molecule has 15 heavy (non-hydrogen) atoms. The SMILES string of the molecule is CC(CC(C)(C)O)Nc1nccnc1Cl. The van der Waals surface area contributed by atoms with Crippen LogP contribution in [0.1, 0.15) is 27.2 Å². The molecule has 0 saturated carbocycles. The van der Waals surface area contributed by atoms with Crippen LogP contribution in [0.5, 0.6) is 0 Å². The minimum atomic E-state index is -0.707. The second-order valence-corrected chi connectivity index (χ2v) is 4.62. The van der Waals surface area contributed by atoms with Gasteiger partial charge in [0.05, 0.1) is 5.60 Å². The van der Waals surface area contributed by atoms with Crippen LogP contribution < -0.4 is 5.32 Å². The summed E-state index contributed by atoms with van der Waals surface area (Å²) >= 11 is 5.84. The molecule has 1 heterocycles. The van der Waals surface area contributed by atoms with Gasteiger partial charge in [-0.15, -0.1) is 0 Å². The fourth-order valence-electron chi connectivity index (χ4n) is 1.45. The number of hydrogen-bond acceptors (Lipinski definition) is 4. The Balaban J connectivity index is 2.59. The zero-order chi connectivity index (χ0) is 11.5. The quantitative estimate of drug-likeness (QED) is 0.830. The Morgan fingerprint density at radius 3 is 2.60 bits per heavy atom. The van der Waals surface area contributed by atoms with Crippen molar-refractivity contribution in [1.29, 1.82) is 0 Å². The maximum Gasteiger partial charge on any atom is 0.171 e. The van der Waals surface area contributed by atoms with Crippen molar-refractivity contribution < 1.29 is 5.11 Å². The molecule has 5 heteroatoms. The van der Waals surface area contributed by atoms with E-state index in [1.165, 1.54) is 6.20 Å². The van der Waals surface area contributed by atoms with Crippen molar-refractivity contribution in [2.45, 2.75) is 38.8 Å². The lowest BCUT2D eigenvalue weighted by Gasteiger charge is -2.23. The van der Waals surface area contributed by atoms with Crippen LogP contribution in [-0.4, -0.2) is 26.7 Å². The number of nitrogens with one attached hydrogen (secondary N) is 1. The normalized spacial score (nSPS) is 13.7. The molecule has 4 nitrogen and oxygen atoms in total. The first-order chi connectivity index (χ1) is 6.88. The van der Waals surface area contributed by atoms with Crippen molar-refractivity contribution in [3.8, 4) is 0 Å². The molecule has 0 aliphatic carbocycles. The molecule has 0 amide bonds. The highest BCUT2D eigenvalue weighted by Crippen LogP contribution is 2.18. The summed E-state index contributed by atoms with van der Waals surface area (Å²) in [5, 5.41) is 13.1. The average Bonchev–Trinajstić information content (AvgIpc) is 2.05. The van der Waals surface area contributed by atoms with Crippen LogP contribution in [0.2, 0.25) is 5.15 Å². The van der Waals surface area contributed by atoms with Gasteiger partial charge in [-0.25, -0.2) is 9.97 Å². The van der Waals surface area contributed by atoms with Gasteiger partial charge in [0.2, 0.25) is 0 Å². The van der Waals surface area contributed by atoms with Crippen LogP contribution in [-0.2, 0) is 0 Å². The highest BCUT2D eigenvalue weighted by Gasteiger charge is 2.17. The van der Waals surface area contributed by atoms with E-state index in [9.17, 15) is 5.11 Å². The Morgan fingerprint density at radius 1 is 1.47 bits per heavy atom. The molecule has 0 spiro atoms. The van der Waals surface area contributed by atoms with E-state index in [0.717, 1.165) is 0 Å². The molecule has 0 fully saturated rings. The molecule has 1 aromatic rings. The summed E-state index contributed by atoms with van der Waals surface area (Å²) in [7, 11) is 0. The molecule has 2 N–H and O–H groups in total. The maximum absolute atomic E-state index is 9.63. The van der Waals surface area contributed by atoms with Gasteiger partial charge in [-0.1, -0.05) is 11.6 Å². The Hall–Kier alpha value is -0.870. The zero-order valence-corrected chi connectivity index (χ0v) is 9.91. The first-order valence-electron chi connectivity index (χ1n) is 4.84. The van der Waals surface area contributed by atoms with Crippen molar-refractivity contribution in [2.24, 2.45) is 0 Å². The standard InChI is InChI=1S/C10H16ClN3O/c1-7(6-10(2,3)15)14-9-8(11)12-4-5-13-9/h4-5,7,15H,6H2,1-3H3,(H,13,14). The van der Waals surface area contributed by atoms with Gasteiger partial charge >= 0.3 is 0 Å². The number of aromatic nitrogens is 2. The molecule has 0 bridgehead atoms. The summed E-state index contributed by atoms with van der Waals surface area (Å²) in [6, 6.07) is 0.0826. The van der Waals surface area contributed by atoms with Gasteiger partial charge in [-0.3, -0.25) is 0 Å². The van der Waals surface area contributed by atoms with Crippen LogP contribution >= 0.6 is 11.6 Å². The molecule has 1 rings (SSSR count). The number of anilines is 1. The minimum Gasteiger partial charge on any atom is -0.390 e. The second kappa shape index (κ2) is 4.77. The first kappa shape index (κ1) is 12.2. The van der Waals surface area contributed by atoms with E-state index in [0.29, 0.717) is 17.4 Å². The molecule has 0 aliphatic heterocycles. The lowest BCUT2D eigenvalue weighted by atomic mass is 10.0. The van der Waals surface area contributed by atoms with Crippen molar-refractivity contribution in [3.63, 3.8) is 0 Å². The topological polar surface area (TPSA) is 58.0 Å². The molecule has 84 valence electrons. The maximum atomic E-state index is 9.63. The van der Waals surface area contributed by atoms with Gasteiger partial charge in [0.15, 0.2) is 11.0 Å². The third-order valence-corrected chi connectivity index (χ3v) is 2.12. The van der Waals surface area contributed by atoms with Gasteiger partial charge in [0.25, 0.3) is 0 Å². The van der Waals surface area contributed by atoms with Crippen LogP contribution in [0.15, 0.2) is 12.4 Å². The smallest absolute Gasteiger partial charge is 0.171 e. The third-order valence-electron chi connectivity index (χ3n) is 1.84. The number of rotatable bonds is 4. The minimum absolute atomic E-state index is 0.0826. The summed E-state index contributed by atoms with van der Waals surface area (Å²) in [6.07, 6.45) is 3.72. The van der Waals surface area contributed by atoms with E-state index in [1.54, 1.807) is 20.0 Å². The molecule has 0 radical (unpaired) electrons. The molecule has 0 saturated heterocycles. The van der Waals surface area contributed by atoms with E-state index >= 15 is 0 Å². The van der Waals surface area contributed by atoms with Gasteiger partial charge in [-0.2, -0.15) is 0 Å². The lowest BCUT2D eigenvalue weighted by Crippen LogP contribution is -2.29. The summed E-state index contributed by atoms with van der Waals surface area (Å²) in [5.41, 5.74) is -0.707. The molecule has 1 unspecified atom stereocenters. The van der Waals surface area contributed by atoms with Crippen LogP contribution in [0.3, 0.4) is 0 Å². The van der Waals surface area contributed by atoms with Crippen molar-refractivity contribution in [3.05, 3.63) is 17.5 Å². The predicted octanol–water partition coefficient (Wildman–Crippen LogP) is 2.09. The molecule has 0 aromatic carbocycles. The fourth-order valence-corrected chi connectivity index (χ4v) is 1.61. The van der Waals surface area contributed by atoms with E-state index in [1.807, 2.05) is 6.92 Å². The molecule has 1 atom stereocenters. The van der Waals surface area contributed by atoms with E-state index in [4.69, 9.17) is 11.6 Å². The van der Waals surface area contributed by atoms with E-state index in [-0.39, 0.29) is 6.04 Å². The zero-order valence-electron chi connectivity index (χ0n) is 9.16. The number of nitrogens with zero attached hydrogens (tertiary/aromatic N) is 2. The predicted molar refractivity (Wildman–Crippen MR) is 61.0 cm³/mol. The van der Waals surface area contributed by atoms with E-state index < -0.39 is 5.60 Å². The summed E-state index contributed by atoms with van der Waals surface area (Å²) in [4.78, 5) is 7.97. The van der Waals surface area contributed by atoms with Crippen LogP contribution in [0, 0.1) is 0 Å². The third kappa shape index (κ3) is 4.44. The first-order valence-corrected chi connectivity index (χ1v) is 5.22. The molecule has 1 aromatic heterocycles. The molecule has 0 aliphatic rings. The van der Waals surface area contributed by atoms with Gasteiger partial charge in [0.1, 0.15) is 0 Å². The molecular formula is C10H16ClN3O. The summed E-state index contributed by atoms with van der Waals surface area (Å²) in [6.45, 7) is 5.50. The van der Waals surface area contributed by atoms with Crippen LogP contribution in [0.4, 0.5) is 5.82 Å².